The van der Waals surface area contributed by atoms with Crippen molar-refractivity contribution in [3.8, 4) is 0 Å². The van der Waals surface area contributed by atoms with Crippen molar-refractivity contribution in [1.82, 2.24) is 25.0 Å². The summed E-state index contributed by atoms with van der Waals surface area (Å²) in [6, 6.07) is 7.78. The lowest BCUT2D eigenvalue weighted by Crippen LogP contribution is -2.36. The standard InChI is InChI=1S/C20H29N5O3/c1-2-28-15-17-9-7-16(8-10-17)14-22-19(26)21-11-5-13-25-20(27)24-12-4-3-6-18(24)23-25/h7-10H,2-6,11-15H2,1H3,(H2,21,22,26). The predicted molar refractivity (Wildman–Crippen MR) is 106 cm³/mol. The second-order valence-corrected chi connectivity index (χ2v) is 6.95. The first-order chi connectivity index (χ1) is 13.7. The van der Waals surface area contributed by atoms with Crippen molar-refractivity contribution in [3.05, 3.63) is 51.7 Å². The third-order valence-electron chi connectivity index (χ3n) is 4.81. The summed E-state index contributed by atoms with van der Waals surface area (Å²) in [7, 11) is 0. The number of ether oxygens (including phenoxy) is 1. The second kappa shape index (κ2) is 10.1. The van der Waals surface area contributed by atoms with Gasteiger partial charge >= 0.3 is 11.7 Å². The van der Waals surface area contributed by atoms with Gasteiger partial charge in [-0.2, -0.15) is 5.10 Å². The minimum atomic E-state index is -0.213. The molecule has 3 rings (SSSR count). The molecular formula is C20H29N5O3. The van der Waals surface area contributed by atoms with Crippen molar-refractivity contribution in [2.45, 2.75) is 58.8 Å². The molecule has 2 N–H and O–H groups in total. The Morgan fingerprint density at radius 1 is 1.18 bits per heavy atom. The van der Waals surface area contributed by atoms with Gasteiger partial charge in [-0.1, -0.05) is 24.3 Å². The Morgan fingerprint density at radius 3 is 2.71 bits per heavy atom. The van der Waals surface area contributed by atoms with Gasteiger partial charge in [0.25, 0.3) is 0 Å². The van der Waals surface area contributed by atoms with E-state index in [9.17, 15) is 9.59 Å². The number of hydrogen-bond donors (Lipinski definition) is 2. The number of rotatable bonds is 9. The van der Waals surface area contributed by atoms with E-state index in [1.807, 2.05) is 31.2 Å². The van der Waals surface area contributed by atoms with Crippen LogP contribution in [0, 0.1) is 0 Å². The fourth-order valence-electron chi connectivity index (χ4n) is 3.24. The van der Waals surface area contributed by atoms with E-state index in [-0.39, 0.29) is 11.7 Å². The van der Waals surface area contributed by atoms with Crippen LogP contribution in [0.2, 0.25) is 0 Å². The molecule has 0 spiro atoms. The minimum absolute atomic E-state index is 0.0352. The van der Waals surface area contributed by atoms with E-state index < -0.39 is 0 Å². The number of urea groups is 1. The lowest BCUT2D eigenvalue weighted by molar-refractivity contribution is 0.134. The summed E-state index contributed by atoms with van der Waals surface area (Å²) in [6.45, 7) is 5.51. The molecule has 0 unspecified atom stereocenters. The lowest BCUT2D eigenvalue weighted by atomic mass is 10.1. The van der Waals surface area contributed by atoms with Crippen LogP contribution in [0.1, 0.15) is 43.1 Å². The Kier molecular flexibility index (Phi) is 7.25. The number of nitrogens with zero attached hydrogens (tertiary/aromatic N) is 3. The number of carbonyl (C=O) groups is 1. The van der Waals surface area contributed by atoms with Crippen molar-refractivity contribution >= 4 is 6.03 Å². The molecule has 0 saturated heterocycles. The zero-order valence-corrected chi connectivity index (χ0v) is 16.4. The summed E-state index contributed by atoms with van der Waals surface area (Å²) in [4.78, 5) is 24.2. The van der Waals surface area contributed by atoms with E-state index in [0.29, 0.717) is 39.3 Å². The highest BCUT2D eigenvalue weighted by molar-refractivity contribution is 5.73. The summed E-state index contributed by atoms with van der Waals surface area (Å²) in [5.41, 5.74) is 2.11. The van der Waals surface area contributed by atoms with E-state index >= 15 is 0 Å². The summed E-state index contributed by atoms with van der Waals surface area (Å²) in [5.74, 6) is 0.884. The first-order valence-electron chi connectivity index (χ1n) is 10.0. The van der Waals surface area contributed by atoms with Gasteiger partial charge in [0.15, 0.2) is 0 Å². The normalized spacial score (nSPS) is 13.2. The average Bonchev–Trinajstić information content (AvgIpc) is 3.05. The highest BCUT2D eigenvalue weighted by atomic mass is 16.5. The minimum Gasteiger partial charge on any atom is -0.377 e. The fourth-order valence-corrected chi connectivity index (χ4v) is 3.24. The van der Waals surface area contributed by atoms with E-state index in [2.05, 4.69) is 15.7 Å². The second-order valence-electron chi connectivity index (χ2n) is 6.95. The number of aromatic nitrogens is 3. The molecular weight excluding hydrogens is 358 g/mol. The molecule has 0 atom stereocenters. The van der Waals surface area contributed by atoms with E-state index in [0.717, 1.165) is 42.8 Å². The zero-order chi connectivity index (χ0) is 19.8. The number of aryl methyl sites for hydroxylation is 2. The third kappa shape index (κ3) is 5.45. The molecule has 8 nitrogen and oxygen atoms in total. The van der Waals surface area contributed by atoms with Crippen molar-refractivity contribution in [2.24, 2.45) is 0 Å². The number of amides is 2. The summed E-state index contributed by atoms with van der Waals surface area (Å²) < 4.78 is 8.65. The Hall–Kier alpha value is -2.61. The van der Waals surface area contributed by atoms with E-state index in [1.54, 1.807) is 4.57 Å². The highest BCUT2D eigenvalue weighted by Gasteiger charge is 2.16. The molecule has 28 heavy (non-hydrogen) atoms. The molecule has 1 aromatic carbocycles. The maximum absolute atomic E-state index is 12.2. The van der Waals surface area contributed by atoms with Crippen molar-refractivity contribution in [1.29, 1.82) is 0 Å². The number of nitrogens with one attached hydrogen (secondary N) is 2. The number of hydrogen-bond acceptors (Lipinski definition) is 4. The molecule has 0 radical (unpaired) electrons. The average molecular weight is 387 g/mol. The first kappa shape index (κ1) is 20.1. The van der Waals surface area contributed by atoms with Gasteiger partial charge in [0.05, 0.1) is 6.61 Å². The number of benzene rings is 1. The maximum atomic E-state index is 12.2. The molecule has 1 aliphatic heterocycles. The van der Waals surface area contributed by atoms with Gasteiger partial charge in [-0.25, -0.2) is 14.3 Å². The fraction of sp³-hybridized carbons (Fsp3) is 0.550. The van der Waals surface area contributed by atoms with Crippen molar-refractivity contribution in [2.75, 3.05) is 13.2 Å². The van der Waals surface area contributed by atoms with Crippen LogP contribution in [-0.2, 0) is 37.4 Å². The van der Waals surface area contributed by atoms with Gasteiger partial charge in [0, 0.05) is 39.2 Å². The Morgan fingerprint density at radius 2 is 1.96 bits per heavy atom. The lowest BCUT2D eigenvalue weighted by Gasteiger charge is -2.09. The third-order valence-corrected chi connectivity index (χ3v) is 4.81. The molecule has 0 aliphatic carbocycles. The molecule has 2 amide bonds. The summed E-state index contributed by atoms with van der Waals surface area (Å²) >= 11 is 0. The number of fused-ring (bicyclic) bond motifs is 1. The monoisotopic (exact) mass is 387 g/mol. The maximum Gasteiger partial charge on any atom is 0.345 e. The van der Waals surface area contributed by atoms with E-state index in [1.165, 1.54) is 4.68 Å². The van der Waals surface area contributed by atoms with Crippen LogP contribution in [0.25, 0.3) is 0 Å². The predicted octanol–water partition coefficient (Wildman–Crippen LogP) is 1.81. The molecule has 1 aliphatic rings. The molecule has 8 heteroatoms. The van der Waals surface area contributed by atoms with Crippen LogP contribution in [0.4, 0.5) is 4.79 Å². The molecule has 0 saturated carbocycles. The van der Waals surface area contributed by atoms with Crippen LogP contribution < -0.4 is 16.3 Å². The Labute approximate surface area is 164 Å². The van der Waals surface area contributed by atoms with Crippen molar-refractivity contribution < 1.29 is 9.53 Å². The van der Waals surface area contributed by atoms with Crippen LogP contribution in [-0.4, -0.2) is 33.5 Å². The van der Waals surface area contributed by atoms with Gasteiger partial charge in [0.2, 0.25) is 0 Å². The largest absolute Gasteiger partial charge is 0.377 e. The molecule has 2 heterocycles. The molecule has 152 valence electrons. The Bertz CT molecular complexity index is 825. The van der Waals surface area contributed by atoms with Crippen LogP contribution >= 0.6 is 0 Å². The van der Waals surface area contributed by atoms with Gasteiger partial charge in [-0.3, -0.25) is 4.57 Å². The first-order valence-corrected chi connectivity index (χ1v) is 10.0. The zero-order valence-electron chi connectivity index (χ0n) is 16.4. The molecule has 2 aromatic rings. The van der Waals surface area contributed by atoms with Gasteiger partial charge < -0.3 is 15.4 Å². The smallest absolute Gasteiger partial charge is 0.345 e. The summed E-state index contributed by atoms with van der Waals surface area (Å²) in [5, 5.41) is 10.1. The number of carbonyl (C=O) groups excluding carboxylic acids is 1. The van der Waals surface area contributed by atoms with E-state index in [4.69, 9.17) is 4.74 Å². The van der Waals surface area contributed by atoms with Gasteiger partial charge in [0.1, 0.15) is 5.82 Å². The molecule has 1 aromatic heterocycles. The summed E-state index contributed by atoms with van der Waals surface area (Å²) in [6.07, 6.45) is 3.66. The SMILES string of the molecule is CCOCc1ccc(CNC(=O)NCCCn2nc3n(c2=O)CCCC3)cc1. The molecule has 0 bridgehead atoms. The van der Waals surface area contributed by atoms with Gasteiger partial charge in [-0.15, -0.1) is 0 Å². The molecule has 0 fully saturated rings. The Balaban J connectivity index is 1.35. The quantitative estimate of drug-likeness (QED) is 0.642. The topological polar surface area (TPSA) is 90.2 Å². The van der Waals surface area contributed by atoms with Crippen LogP contribution in [0.5, 0.6) is 0 Å². The van der Waals surface area contributed by atoms with Gasteiger partial charge in [-0.05, 0) is 37.3 Å². The van der Waals surface area contributed by atoms with Crippen LogP contribution in [0.3, 0.4) is 0 Å². The van der Waals surface area contributed by atoms with Crippen LogP contribution in [0.15, 0.2) is 29.1 Å². The van der Waals surface area contributed by atoms with Crippen molar-refractivity contribution in [3.63, 3.8) is 0 Å². The highest BCUT2D eigenvalue weighted by Crippen LogP contribution is 2.09.